The lowest BCUT2D eigenvalue weighted by molar-refractivity contribution is 0.304. The Labute approximate surface area is 252 Å². The molecule has 0 saturated heterocycles. The highest BCUT2D eigenvalue weighted by molar-refractivity contribution is 9.10. The summed E-state index contributed by atoms with van der Waals surface area (Å²) < 4.78 is 8.86. The van der Waals surface area contributed by atoms with E-state index in [1.54, 1.807) is 30.5 Å². The average Bonchev–Trinajstić information content (AvgIpc) is 2.89. The second-order valence-electron chi connectivity index (χ2n) is 9.17. The Bertz CT molecular complexity index is 1580. The lowest BCUT2D eigenvalue weighted by Crippen LogP contribution is -2.25. The number of rotatable bonds is 6. The van der Waals surface area contributed by atoms with Crippen molar-refractivity contribution >= 4 is 83.8 Å². The molecule has 0 atom stereocenters. The Morgan fingerprint density at radius 3 is 2.53 bits per heavy atom. The predicted molar refractivity (Wildman–Crippen MR) is 162 cm³/mol. The van der Waals surface area contributed by atoms with Crippen molar-refractivity contribution in [1.29, 1.82) is 0 Å². The van der Waals surface area contributed by atoms with Gasteiger partial charge in [0.15, 0.2) is 5.75 Å². The van der Waals surface area contributed by atoms with Crippen molar-refractivity contribution in [2.45, 2.75) is 44.6 Å². The van der Waals surface area contributed by atoms with Gasteiger partial charge in [-0.25, -0.2) is 4.98 Å². The van der Waals surface area contributed by atoms with Gasteiger partial charge in [0.25, 0.3) is 5.56 Å². The molecule has 0 bridgehead atoms. The zero-order valence-corrected chi connectivity index (χ0v) is 25.5. The van der Waals surface area contributed by atoms with Crippen LogP contribution in [0.3, 0.4) is 0 Å². The number of ether oxygens (including phenoxy) is 1. The first-order chi connectivity index (χ1) is 18.3. The SMILES string of the molecule is O=c1c2cc(Br)ccc2nc(C2CCCCC2)n1N=Cc1cc(Cl)c(OCc2ccc(Cl)cc2Cl)c(Br)c1. The van der Waals surface area contributed by atoms with E-state index in [0.717, 1.165) is 35.7 Å². The zero-order chi connectivity index (χ0) is 26.8. The van der Waals surface area contributed by atoms with E-state index in [1.807, 2.05) is 24.3 Å². The molecule has 1 aliphatic carbocycles. The van der Waals surface area contributed by atoms with Gasteiger partial charge in [-0.2, -0.15) is 9.78 Å². The molecule has 5 nitrogen and oxygen atoms in total. The van der Waals surface area contributed by atoms with Crippen molar-refractivity contribution in [1.82, 2.24) is 9.66 Å². The third-order valence-electron chi connectivity index (χ3n) is 6.53. The lowest BCUT2D eigenvalue weighted by atomic mass is 9.88. The maximum Gasteiger partial charge on any atom is 0.282 e. The maximum atomic E-state index is 13.5. The van der Waals surface area contributed by atoms with Gasteiger partial charge in [-0.1, -0.05) is 76.1 Å². The van der Waals surface area contributed by atoms with Crippen molar-refractivity contribution < 1.29 is 4.74 Å². The van der Waals surface area contributed by atoms with Crippen LogP contribution in [0.4, 0.5) is 0 Å². The van der Waals surface area contributed by atoms with Crippen molar-refractivity contribution in [2.75, 3.05) is 0 Å². The molecule has 0 spiro atoms. The number of nitrogens with zero attached hydrogens (tertiary/aromatic N) is 3. The monoisotopic (exact) mass is 695 g/mol. The van der Waals surface area contributed by atoms with Gasteiger partial charge in [0, 0.05) is 26.0 Å². The fourth-order valence-corrected chi connectivity index (χ4v) is 6.42. The molecular weight excluding hydrogens is 676 g/mol. The standard InChI is InChI=1S/C28H22Br2Cl3N3O2/c29-19-7-9-25-21(12-19)28(37)36(27(35-25)17-4-2-1-3-5-17)34-14-16-10-22(30)26(24(33)11-16)38-15-18-6-8-20(31)13-23(18)32/h6-14,17H,1-5,15H2. The van der Waals surface area contributed by atoms with E-state index in [4.69, 9.17) is 44.5 Å². The van der Waals surface area contributed by atoms with Crippen LogP contribution >= 0.6 is 66.7 Å². The van der Waals surface area contributed by atoms with Crippen molar-refractivity contribution in [3.8, 4) is 5.75 Å². The smallest absolute Gasteiger partial charge is 0.282 e. The first kappa shape index (κ1) is 27.7. The van der Waals surface area contributed by atoms with Gasteiger partial charge in [0.05, 0.1) is 26.6 Å². The van der Waals surface area contributed by atoms with Gasteiger partial charge in [-0.15, -0.1) is 0 Å². The summed E-state index contributed by atoms with van der Waals surface area (Å²) in [6.45, 7) is 0.222. The van der Waals surface area contributed by atoms with E-state index < -0.39 is 0 Å². The Kier molecular flexibility index (Phi) is 8.80. The van der Waals surface area contributed by atoms with Crippen LogP contribution in [0.15, 0.2) is 67.4 Å². The van der Waals surface area contributed by atoms with Crippen molar-refractivity contribution in [3.63, 3.8) is 0 Å². The molecule has 0 aliphatic heterocycles. The van der Waals surface area contributed by atoms with Crippen molar-refractivity contribution in [2.24, 2.45) is 5.10 Å². The number of fused-ring (bicyclic) bond motifs is 1. The Hall–Kier alpha value is -1.90. The molecule has 0 N–H and O–H groups in total. The van der Waals surface area contributed by atoms with Gasteiger partial charge in [-0.3, -0.25) is 4.79 Å². The van der Waals surface area contributed by atoms with E-state index in [9.17, 15) is 4.79 Å². The van der Waals surface area contributed by atoms with Gasteiger partial charge in [0.2, 0.25) is 0 Å². The van der Waals surface area contributed by atoms with Crippen LogP contribution in [0, 0.1) is 0 Å². The van der Waals surface area contributed by atoms with E-state index in [1.165, 1.54) is 11.1 Å². The molecule has 1 heterocycles. The maximum absolute atomic E-state index is 13.5. The van der Waals surface area contributed by atoms with Crippen LogP contribution in [0.2, 0.25) is 15.1 Å². The summed E-state index contributed by atoms with van der Waals surface area (Å²) in [5.41, 5.74) is 1.97. The highest BCUT2D eigenvalue weighted by Crippen LogP contribution is 2.36. The Balaban J connectivity index is 1.47. The van der Waals surface area contributed by atoms with E-state index in [0.29, 0.717) is 47.6 Å². The van der Waals surface area contributed by atoms with Crippen LogP contribution < -0.4 is 10.3 Å². The quantitative estimate of drug-likeness (QED) is 0.189. The molecule has 0 radical (unpaired) electrons. The van der Waals surface area contributed by atoms with Gasteiger partial charge >= 0.3 is 0 Å². The Morgan fingerprint density at radius 1 is 1.00 bits per heavy atom. The zero-order valence-electron chi connectivity index (χ0n) is 20.1. The minimum Gasteiger partial charge on any atom is -0.486 e. The molecule has 38 heavy (non-hydrogen) atoms. The van der Waals surface area contributed by atoms with Crippen molar-refractivity contribution in [3.05, 3.63) is 99.8 Å². The summed E-state index contributed by atoms with van der Waals surface area (Å²) in [5, 5.41) is 6.59. The van der Waals surface area contributed by atoms with Crippen LogP contribution in [0.5, 0.6) is 5.75 Å². The minimum absolute atomic E-state index is 0.187. The van der Waals surface area contributed by atoms with Crippen LogP contribution in [0.1, 0.15) is 55.0 Å². The second-order valence-corrected chi connectivity index (χ2v) is 12.2. The number of halogens is 5. The van der Waals surface area contributed by atoms with Crippen LogP contribution in [-0.2, 0) is 6.61 Å². The van der Waals surface area contributed by atoms with E-state index >= 15 is 0 Å². The third kappa shape index (κ3) is 6.13. The van der Waals surface area contributed by atoms with E-state index in [2.05, 4.69) is 37.0 Å². The highest BCUT2D eigenvalue weighted by Gasteiger charge is 2.22. The van der Waals surface area contributed by atoms with Gasteiger partial charge < -0.3 is 4.74 Å². The first-order valence-corrected chi connectivity index (χ1v) is 14.8. The lowest BCUT2D eigenvalue weighted by Gasteiger charge is -2.22. The number of benzene rings is 3. The fourth-order valence-electron chi connectivity index (χ4n) is 4.61. The summed E-state index contributed by atoms with van der Waals surface area (Å²) in [7, 11) is 0. The second kappa shape index (κ2) is 12.1. The average molecular weight is 699 g/mol. The summed E-state index contributed by atoms with van der Waals surface area (Å²) in [5.74, 6) is 1.37. The molecule has 0 amide bonds. The number of aromatic nitrogens is 2. The summed E-state index contributed by atoms with van der Waals surface area (Å²) in [6, 6.07) is 14.4. The molecule has 1 aliphatic rings. The largest absolute Gasteiger partial charge is 0.486 e. The van der Waals surface area contributed by atoms with Crippen LogP contribution in [-0.4, -0.2) is 15.9 Å². The molecule has 4 aromatic rings. The van der Waals surface area contributed by atoms with Crippen LogP contribution in [0.25, 0.3) is 10.9 Å². The normalized spacial score (nSPS) is 14.4. The number of hydrogen-bond donors (Lipinski definition) is 0. The van der Waals surface area contributed by atoms with E-state index in [-0.39, 0.29) is 18.1 Å². The summed E-state index contributed by atoms with van der Waals surface area (Å²) in [4.78, 5) is 18.4. The highest BCUT2D eigenvalue weighted by atomic mass is 79.9. The third-order valence-corrected chi connectivity index (χ3v) is 8.48. The molecule has 5 rings (SSSR count). The minimum atomic E-state index is -0.196. The molecule has 10 heteroatoms. The molecule has 1 aromatic heterocycles. The summed E-state index contributed by atoms with van der Waals surface area (Å²) >= 11 is 25.8. The Morgan fingerprint density at radius 2 is 1.79 bits per heavy atom. The summed E-state index contributed by atoms with van der Waals surface area (Å²) in [6.07, 6.45) is 7.04. The predicted octanol–water partition coefficient (Wildman–Crippen LogP) is 9.39. The van der Waals surface area contributed by atoms with Gasteiger partial charge in [0.1, 0.15) is 12.4 Å². The molecule has 3 aromatic carbocycles. The number of hydrogen-bond acceptors (Lipinski definition) is 4. The van der Waals surface area contributed by atoms with Gasteiger partial charge in [-0.05, 0) is 76.8 Å². The molecule has 1 saturated carbocycles. The molecule has 1 fully saturated rings. The first-order valence-electron chi connectivity index (χ1n) is 12.1. The topological polar surface area (TPSA) is 56.5 Å². The molecule has 196 valence electrons. The molecular formula is C28H22Br2Cl3N3O2. The fraction of sp³-hybridized carbons (Fsp3) is 0.250. The molecule has 0 unspecified atom stereocenters.